The molecule has 10 unspecified atom stereocenters. The van der Waals surface area contributed by atoms with Crippen LogP contribution in [-0.2, 0) is 32.4 Å². The monoisotopic (exact) mass is 666 g/mol. The summed E-state index contributed by atoms with van der Waals surface area (Å²) in [5, 5.41) is 41.6. The molecular weight excluding hydrogens is 636 g/mol. The molecular formula is C21H30N7O14P2+3. The van der Waals surface area contributed by atoms with Crippen molar-refractivity contribution < 1.29 is 76.6 Å². The number of anilines is 1. The number of imidazole rings is 1. The maximum absolute atomic E-state index is 12.3. The summed E-state index contributed by atoms with van der Waals surface area (Å²) in [6.07, 6.45) is -5.57. The molecule has 0 aromatic carbocycles. The zero-order valence-electron chi connectivity index (χ0n) is 22.3. The van der Waals surface area contributed by atoms with E-state index in [0.717, 1.165) is 0 Å². The normalized spacial score (nSPS) is 30.9. The molecule has 11 N–H and O–H groups in total. The van der Waals surface area contributed by atoms with Crippen LogP contribution in [0, 0.1) is 0 Å². The first kappa shape index (κ1) is 32.5. The van der Waals surface area contributed by atoms with Crippen molar-refractivity contribution in [2.75, 3.05) is 18.9 Å². The number of H-pyrrole nitrogens is 1. The van der Waals surface area contributed by atoms with Crippen molar-refractivity contribution >= 4 is 39.3 Å². The number of nitrogen functional groups attached to an aromatic ring is 1. The minimum Gasteiger partial charge on any atom is -0.387 e. The van der Waals surface area contributed by atoms with Crippen LogP contribution in [0.3, 0.4) is 0 Å². The van der Waals surface area contributed by atoms with Gasteiger partial charge in [0, 0.05) is 6.07 Å². The summed E-state index contributed by atoms with van der Waals surface area (Å²) in [4.78, 5) is 47.0. The third-order valence-electron chi connectivity index (χ3n) is 6.75. The lowest BCUT2D eigenvalue weighted by Crippen LogP contribution is -2.47. The molecule has 0 radical (unpaired) electrons. The van der Waals surface area contributed by atoms with Gasteiger partial charge in [0.1, 0.15) is 42.7 Å². The number of pyridine rings is 1. The number of aromatic nitrogens is 5. The minimum atomic E-state index is -5.02. The number of aromatic amines is 1. The molecule has 23 heteroatoms. The van der Waals surface area contributed by atoms with Gasteiger partial charge in [-0.15, -0.1) is 0 Å². The maximum atomic E-state index is 12.3. The molecule has 2 saturated heterocycles. The molecule has 0 bridgehead atoms. The average molecular weight is 666 g/mol. The van der Waals surface area contributed by atoms with Crippen LogP contribution < -0.4 is 20.6 Å². The van der Waals surface area contributed by atoms with Gasteiger partial charge in [-0.3, -0.25) is 9.32 Å². The van der Waals surface area contributed by atoms with E-state index in [1.165, 1.54) is 46.3 Å². The number of fused-ring (bicyclic) bond motifs is 1. The highest BCUT2D eigenvalue weighted by atomic mass is 31.3. The lowest BCUT2D eigenvalue weighted by molar-refractivity contribution is -0.765. The molecule has 0 aliphatic carbocycles. The van der Waals surface area contributed by atoms with E-state index in [2.05, 4.69) is 23.9 Å². The summed E-state index contributed by atoms with van der Waals surface area (Å²) in [6.45, 7) is -1.33. The Bertz CT molecular complexity index is 1540. The van der Waals surface area contributed by atoms with E-state index in [-0.39, 0.29) is 17.0 Å². The average Bonchev–Trinajstić information content (AvgIpc) is 3.66. The van der Waals surface area contributed by atoms with Gasteiger partial charge in [0.15, 0.2) is 30.3 Å². The first-order valence-corrected chi connectivity index (χ1v) is 15.5. The minimum absolute atomic E-state index is 0.101. The molecule has 3 aromatic heterocycles. The Morgan fingerprint density at radius 3 is 2.50 bits per heavy atom. The predicted molar refractivity (Wildman–Crippen MR) is 140 cm³/mol. The molecule has 2 aliphatic heterocycles. The lowest BCUT2D eigenvalue weighted by atomic mass is 10.1. The van der Waals surface area contributed by atoms with E-state index in [1.807, 2.05) is 0 Å². The number of hydrogen-bond acceptors (Lipinski definition) is 16. The van der Waals surface area contributed by atoms with Crippen molar-refractivity contribution in [2.24, 2.45) is 5.73 Å². The summed E-state index contributed by atoms with van der Waals surface area (Å²) in [7, 11) is -8.62. The number of nitrogens with one attached hydrogen (secondary N) is 1. The fourth-order valence-electron chi connectivity index (χ4n) is 4.57. The van der Waals surface area contributed by atoms with E-state index in [4.69, 9.17) is 30.4 Å². The highest BCUT2D eigenvalue weighted by molar-refractivity contribution is 7.58. The molecule has 0 saturated carbocycles. The van der Waals surface area contributed by atoms with Crippen molar-refractivity contribution in [1.29, 1.82) is 0 Å². The third-order valence-corrected chi connectivity index (χ3v) is 9.03. The number of ether oxygens (including phenoxy) is 2. The van der Waals surface area contributed by atoms with Gasteiger partial charge in [-0.1, -0.05) is 14.3 Å². The summed E-state index contributed by atoms with van der Waals surface area (Å²) < 4.78 is 40.0. The Labute approximate surface area is 247 Å². The Hall–Kier alpha value is -2.85. The van der Waals surface area contributed by atoms with Gasteiger partial charge in [0.25, 0.3) is 17.8 Å². The van der Waals surface area contributed by atoms with Crippen LogP contribution >= 0.6 is 16.4 Å². The fourth-order valence-corrected chi connectivity index (χ4v) is 6.19. The van der Waals surface area contributed by atoms with Crippen molar-refractivity contribution in [3.05, 3.63) is 42.7 Å². The molecule has 0 spiro atoms. The molecule has 3 aromatic rings. The lowest BCUT2D eigenvalue weighted by Gasteiger charge is -2.15. The molecule has 5 heterocycles. The Morgan fingerprint density at radius 2 is 1.77 bits per heavy atom. The number of nitrogens with zero attached hydrogens (tertiary/aromatic N) is 4. The number of amides is 1. The van der Waals surface area contributed by atoms with Crippen molar-refractivity contribution in [3.8, 4) is 0 Å². The van der Waals surface area contributed by atoms with Crippen molar-refractivity contribution in [3.63, 3.8) is 0 Å². The molecule has 5 rings (SSSR count). The number of aliphatic hydroxyl groups excluding tert-OH is 4. The highest BCUT2D eigenvalue weighted by Crippen LogP contribution is 2.56. The van der Waals surface area contributed by atoms with E-state index >= 15 is 0 Å². The predicted octanol–water partition coefficient (Wildman–Crippen LogP) is -3.81. The first-order valence-electron chi connectivity index (χ1n) is 12.7. The molecule has 2 fully saturated rings. The van der Waals surface area contributed by atoms with Crippen LogP contribution in [0.15, 0.2) is 37.2 Å². The fraction of sp³-hybridized carbons (Fsp3) is 0.476. The number of phosphoric acid groups is 1. The molecule has 21 nitrogen and oxygen atoms in total. The van der Waals surface area contributed by atoms with Crippen LogP contribution in [0.2, 0.25) is 0 Å². The largest absolute Gasteiger partial charge is 0.511 e. The van der Waals surface area contributed by atoms with Gasteiger partial charge < -0.3 is 51.2 Å². The van der Waals surface area contributed by atoms with Crippen LogP contribution in [0.25, 0.3) is 11.2 Å². The van der Waals surface area contributed by atoms with Gasteiger partial charge in [0.05, 0.1) is 6.61 Å². The van der Waals surface area contributed by atoms with Crippen LogP contribution in [-0.4, -0.2) is 101 Å². The van der Waals surface area contributed by atoms with Gasteiger partial charge in [-0.2, -0.15) is 14.3 Å². The number of aliphatic hydroxyl groups is 4. The van der Waals surface area contributed by atoms with E-state index in [9.17, 15) is 39.6 Å². The zero-order chi connectivity index (χ0) is 31.8. The number of carbonyl (C=O) groups excluding carboxylic acids is 1. The second-order valence-electron chi connectivity index (χ2n) is 9.62. The number of nitrogens with two attached hydrogens (primary N) is 2. The van der Waals surface area contributed by atoms with Crippen molar-refractivity contribution in [2.45, 2.75) is 49.1 Å². The van der Waals surface area contributed by atoms with E-state index in [1.54, 1.807) is 0 Å². The second kappa shape index (κ2) is 13.3. The highest BCUT2D eigenvalue weighted by Gasteiger charge is 2.50. The van der Waals surface area contributed by atoms with Crippen LogP contribution in [0.5, 0.6) is 0 Å². The number of hydrogen-bond donors (Lipinski definition) is 9. The quantitative estimate of drug-likeness (QED) is 0.0387. The van der Waals surface area contributed by atoms with Crippen LogP contribution in [0.4, 0.5) is 5.82 Å². The smallest absolute Gasteiger partial charge is 0.387 e. The van der Waals surface area contributed by atoms with E-state index < -0.39 is 84.6 Å². The number of phosphoric ester groups is 1. The Morgan fingerprint density at radius 1 is 1.09 bits per heavy atom. The summed E-state index contributed by atoms with van der Waals surface area (Å²) in [6, 6.07) is 2.89. The first-order chi connectivity index (χ1) is 20.9. The van der Waals surface area contributed by atoms with Gasteiger partial charge in [0.2, 0.25) is 18.4 Å². The summed E-state index contributed by atoms with van der Waals surface area (Å²) in [5.74, 6) is -0.587. The second-order valence-corrected chi connectivity index (χ2v) is 12.2. The number of rotatable bonds is 12. The topological polar surface area (TPSA) is 312 Å². The SMILES string of the molecule is NC(=O)c1ccc[n+](C2OC(COP(=O)(O)O[PH+](O)OOCC3OC([n+]4cnc(N)c5[nH]cnc54)C(O)C3O)C(O)C2O)c1. The number of primary amides is 1. The standard InChI is InChI=1S/C21H27N7O14P2/c22-17-12-19(25-7-24-12)28(8-26-17)21-16(32)13(29)10(40-21)5-37-41-43(34)42-44(35,36)38-6-11-14(30)15(31)20(39-11)27-3-1-2-9(4-27)18(23)33/h1-4,7-8,10-11,13-16,20-21,29-32,34,43H,5-6H2,(H3-2,22,23,24,25,33,35,36)/p+3. The summed E-state index contributed by atoms with van der Waals surface area (Å²) in [5.41, 5.74) is 11.8. The zero-order valence-corrected chi connectivity index (χ0v) is 24.2. The Kier molecular flexibility index (Phi) is 9.80. The third kappa shape index (κ3) is 6.86. The maximum Gasteiger partial charge on any atom is 0.511 e. The van der Waals surface area contributed by atoms with E-state index in [0.29, 0.717) is 5.52 Å². The van der Waals surface area contributed by atoms with Gasteiger partial charge in [-0.25, -0.2) is 9.13 Å². The number of carbonyl (C=O) groups is 1. The van der Waals surface area contributed by atoms with Gasteiger partial charge >= 0.3 is 16.4 Å². The summed E-state index contributed by atoms with van der Waals surface area (Å²) >= 11 is 0. The van der Waals surface area contributed by atoms with Gasteiger partial charge in [-0.05, 0) is 10.7 Å². The molecule has 2 aliphatic rings. The van der Waals surface area contributed by atoms with Crippen molar-refractivity contribution in [1.82, 2.24) is 15.0 Å². The van der Waals surface area contributed by atoms with Crippen LogP contribution in [0.1, 0.15) is 22.8 Å². The molecule has 44 heavy (non-hydrogen) atoms. The Balaban J connectivity index is 1.09. The molecule has 1 amide bonds. The molecule has 240 valence electrons. The molecule has 10 atom stereocenters.